The van der Waals surface area contributed by atoms with Gasteiger partial charge in [0.2, 0.25) is 5.95 Å². The van der Waals surface area contributed by atoms with Gasteiger partial charge < -0.3 is 10.3 Å². The molecule has 0 saturated heterocycles. The lowest BCUT2D eigenvalue weighted by molar-refractivity contribution is 0.177. The summed E-state index contributed by atoms with van der Waals surface area (Å²) in [7, 11) is 0. The van der Waals surface area contributed by atoms with Crippen molar-refractivity contribution >= 4 is 28.6 Å². The molecule has 1 saturated carbocycles. The Hall–Kier alpha value is -1.22. The smallest absolute Gasteiger partial charge is 0.201 e. The zero-order valence-corrected chi connectivity index (χ0v) is 9.96. The van der Waals surface area contributed by atoms with Gasteiger partial charge in [-0.3, -0.25) is 0 Å². The SMILES string of the molecule is CC1(n2c(N)nc3c(Cl)cccc32)CCC1. The fourth-order valence-corrected chi connectivity index (χ4v) is 2.77. The molecule has 2 aromatic rings. The van der Waals surface area contributed by atoms with Crippen LogP contribution in [0.3, 0.4) is 0 Å². The first kappa shape index (κ1) is 9.97. The maximum absolute atomic E-state index is 6.12. The van der Waals surface area contributed by atoms with Gasteiger partial charge >= 0.3 is 0 Å². The van der Waals surface area contributed by atoms with Gasteiger partial charge in [0.25, 0.3) is 0 Å². The first-order valence-electron chi connectivity index (χ1n) is 5.55. The van der Waals surface area contributed by atoms with Crippen LogP contribution in [0.25, 0.3) is 11.0 Å². The first-order valence-corrected chi connectivity index (χ1v) is 5.92. The van der Waals surface area contributed by atoms with Crippen molar-refractivity contribution in [1.82, 2.24) is 9.55 Å². The Kier molecular flexibility index (Phi) is 1.96. The summed E-state index contributed by atoms with van der Waals surface area (Å²) >= 11 is 6.12. The molecule has 2 N–H and O–H groups in total. The number of hydrogen-bond donors (Lipinski definition) is 1. The molecule has 1 fully saturated rings. The number of nitrogen functional groups attached to an aromatic ring is 1. The molecule has 1 aliphatic rings. The van der Waals surface area contributed by atoms with E-state index in [1.54, 1.807) is 0 Å². The highest BCUT2D eigenvalue weighted by Crippen LogP contribution is 2.42. The molecule has 1 aromatic heterocycles. The topological polar surface area (TPSA) is 43.8 Å². The molecule has 1 aliphatic carbocycles. The van der Waals surface area contributed by atoms with Crippen LogP contribution in [0.4, 0.5) is 5.95 Å². The standard InChI is InChI=1S/C12H14ClN3/c1-12(6-3-7-12)16-9-5-2-4-8(13)10(9)15-11(16)14/h2,4-5H,3,6-7H2,1H3,(H2,14,15). The number of halogens is 1. The third-order valence-electron chi connectivity index (χ3n) is 3.63. The number of benzene rings is 1. The quantitative estimate of drug-likeness (QED) is 0.825. The fraction of sp³-hybridized carbons (Fsp3) is 0.417. The second-order valence-corrected chi connectivity index (χ2v) is 5.17. The van der Waals surface area contributed by atoms with E-state index in [1.807, 2.05) is 18.2 Å². The number of fused-ring (bicyclic) bond motifs is 1. The molecule has 0 unspecified atom stereocenters. The molecule has 0 aliphatic heterocycles. The highest BCUT2D eigenvalue weighted by molar-refractivity contribution is 6.35. The van der Waals surface area contributed by atoms with Gasteiger partial charge in [0.05, 0.1) is 10.5 Å². The average Bonchev–Trinajstić information content (AvgIpc) is 2.53. The number of nitrogens with two attached hydrogens (primary N) is 1. The van der Waals surface area contributed by atoms with Crippen LogP contribution in [-0.2, 0) is 5.54 Å². The minimum Gasteiger partial charge on any atom is -0.369 e. The van der Waals surface area contributed by atoms with Gasteiger partial charge in [-0.15, -0.1) is 0 Å². The average molecular weight is 236 g/mol. The summed E-state index contributed by atoms with van der Waals surface area (Å²) in [5.74, 6) is 0.574. The Balaban J connectivity index is 2.32. The van der Waals surface area contributed by atoms with Crippen LogP contribution >= 0.6 is 11.6 Å². The van der Waals surface area contributed by atoms with Gasteiger partial charge in [-0.25, -0.2) is 4.98 Å². The molecule has 0 radical (unpaired) electrons. The molecule has 4 heteroatoms. The zero-order valence-electron chi connectivity index (χ0n) is 9.20. The Bertz CT molecular complexity index is 555. The lowest BCUT2D eigenvalue weighted by Gasteiger charge is -2.40. The highest BCUT2D eigenvalue weighted by Gasteiger charge is 2.36. The van der Waals surface area contributed by atoms with Crippen LogP contribution in [0.15, 0.2) is 18.2 Å². The zero-order chi connectivity index (χ0) is 11.3. The monoisotopic (exact) mass is 235 g/mol. The Morgan fingerprint density at radius 3 is 2.81 bits per heavy atom. The number of rotatable bonds is 1. The summed E-state index contributed by atoms with van der Waals surface area (Å²) < 4.78 is 2.14. The van der Waals surface area contributed by atoms with Crippen molar-refractivity contribution in [1.29, 1.82) is 0 Å². The van der Waals surface area contributed by atoms with E-state index in [0.29, 0.717) is 11.0 Å². The number of para-hydroxylation sites is 1. The maximum Gasteiger partial charge on any atom is 0.201 e. The fourth-order valence-electron chi connectivity index (χ4n) is 2.56. The van der Waals surface area contributed by atoms with Crippen LogP contribution in [0, 0.1) is 0 Å². The predicted molar refractivity (Wildman–Crippen MR) is 66.7 cm³/mol. The molecule has 3 nitrogen and oxygen atoms in total. The van der Waals surface area contributed by atoms with E-state index >= 15 is 0 Å². The summed E-state index contributed by atoms with van der Waals surface area (Å²) in [6.45, 7) is 2.23. The summed E-state index contributed by atoms with van der Waals surface area (Å²) in [4.78, 5) is 4.37. The van der Waals surface area contributed by atoms with Crippen molar-refractivity contribution in [2.24, 2.45) is 0 Å². The van der Waals surface area contributed by atoms with Crippen molar-refractivity contribution < 1.29 is 0 Å². The van der Waals surface area contributed by atoms with E-state index in [9.17, 15) is 0 Å². The number of anilines is 1. The van der Waals surface area contributed by atoms with Crippen molar-refractivity contribution in [2.75, 3.05) is 5.73 Å². The van der Waals surface area contributed by atoms with Gasteiger partial charge in [0.15, 0.2) is 0 Å². The van der Waals surface area contributed by atoms with Crippen molar-refractivity contribution in [3.8, 4) is 0 Å². The molecule has 84 valence electrons. The molecule has 16 heavy (non-hydrogen) atoms. The van der Waals surface area contributed by atoms with E-state index in [2.05, 4.69) is 16.5 Å². The second kappa shape index (κ2) is 3.14. The van der Waals surface area contributed by atoms with Gasteiger partial charge in [0, 0.05) is 5.54 Å². The normalized spacial score (nSPS) is 18.6. The molecule has 3 rings (SSSR count). The number of imidazole rings is 1. The summed E-state index contributed by atoms with van der Waals surface area (Å²) in [6, 6.07) is 5.84. The molecular formula is C12H14ClN3. The molecule has 0 bridgehead atoms. The van der Waals surface area contributed by atoms with Gasteiger partial charge in [0.1, 0.15) is 5.52 Å². The van der Waals surface area contributed by atoms with E-state index in [-0.39, 0.29) is 5.54 Å². The minimum absolute atomic E-state index is 0.128. The largest absolute Gasteiger partial charge is 0.369 e. The molecule has 0 spiro atoms. The van der Waals surface area contributed by atoms with Crippen LogP contribution in [0.5, 0.6) is 0 Å². The van der Waals surface area contributed by atoms with Crippen LogP contribution < -0.4 is 5.73 Å². The maximum atomic E-state index is 6.12. The van der Waals surface area contributed by atoms with E-state index in [0.717, 1.165) is 23.9 Å². The van der Waals surface area contributed by atoms with Crippen molar-refractivity contribution in [2.45, 2.75) is 31.7 Å². The predicted octanol–water partition coefficient (Wildman–Crippen LogP) is 3.17. The Labute approximate surface area is 99.2 Å². The summed E-state index contributed by atoms with van der Waals surface area (Å²) in [5.41, 5.74) is 8.00. The minimum atomic E-state index is 0.128. The Morgan fingerprint density at radius 2 is 2.19 bits per heavy atom. The lowest BCUT2D eigenvalue weighted by Crippen LogP contribution is -2.37. The van der Waals surface area contributed by atoms with Crippen LogP contribution in [0.2, 0.25) is 5.02 Å². The van der Waals surface area contributed by atoms with Gasteiger partial charge in [-0.1, -0.05) is 17.7 Å². The van der Waals surface area contributed by atoms with E-state index in [1.165, 1.54) is 6.42 Å². The molecule has 1 aromatic carbocycles. The van der Waals surface area contributed by atoms with Crippen molar-refractivity contribution in [3.05, 3.63) is 23.2 Å². The van der Waals surface area contributed by atoms with Gasteiger partial charge in [-0.2, -0.15) is 0 Å². The lowest BCUT2D eigenvalue weighted by atomic mass is 9.78. The van der Waals surface area contributed by atoms with Crippen LogP contribution in [0.1, 0.15) is 26.2 Å². The molecule has 1 heterocycles. The van der Waals surface area contributed by atoms with Crippen LogP contribution in [-0.4, -0.2) is 9.55 Å². The Morgan fingerprint density at radius 1 is 1.44 bits per heavy atom. The second-order valence-electron chi connectivity index (χ2n) is 4.76. The van der Waals surface area contributed by atoms with Gasteiger partial charge in [-0.05, 0) is 38.3 Å². The third-order valence-corrected chi connectivity index (χ3v) is 3.94. The number of aromatic nitrogens is 2. The number of nitrogens with zero attached hydrogens (tertiary/aromatic N) is 2. The molecule has 0 atom stereocenters. The summed E-state index contributed by atoms with van der Waals surface area (Å²) in [5, 5.41) is 0.672. The van der Waals surface area contributed by atoms with E-state index in [4.69, 9.17) is 17.3 Å². The third kappa shape index (κ3) is 1.18. The highest BCUT2D eigenvalue weighted by atomic mass is 35.5. The first-order chi connectivity index (χ1) is 7.62. The van der Waals surface area contributed by atoms with E-state index < -0.39 is 0 Å². The number of hydrogen-bond acceptors (Lipinski definition) is 2. The van der Waals surface area contributed by atoms with Crippen molar-refractivity contribution in [3.63, 3.8) is 0 Å². The summed E-state index contributed by atoms with van der Waals surface area (Å²) in [6.07, 6.45) is 3.58. The molecule has 0 amide bonds. The molecular weight excluding hydrogens is 222 g/mol.